The number of hydrogen-bond acceptors (Lipinski definition) is 2. The summed E-state index contributed by atoms with van der Waals surface area (Å²) < 4.78 is 5.41. The Hall–Kier alpha value is -1.96. The summed E-state index contributed by atoms with van der Waals surface area (Å²) in [5, 5.41) is 9.45. The molecular weight excluding hydrogens is 212 g/mol. The molecule has 0 atom stereocenters. The van der Waals surface area contributed by atoms with Gasteiger partial charge in [0.15, 0.2) is 0 Å². The van der Waals surface area contributed by atoms with Gasteiger partial charge in [0.2, 0.25) is 0 Å². The lowest BCUT2D eigenvalue weighted by Gasteiger charge is -2.15. The van der Waals surface area contributed by atoms with Gasteiger partial charge >= 0.3 is 0 Å². The van der Waals surface area contributed by atoms with Gasteiger partial charge in [0.1, 0.15) is 12.4 Å². The molecule has 0 saturated carbocycles. The average molecular weight is 228 g/mol. The normalized spacial score (nSPS) is 13.5. The van der Waals surface area contributed by atoms with Crippen LogP contribution in [0.25, 0.3) is 0 Å². The van der Waals surface area contributed by atoms with E-state index in [4.69, 9.17) is 4.74 Å². The van der Waals surface area contributed by atoms with Crippen molar-refractivity contribution in [1.82, 2.24) is 0 Å². The van der Waals surface area contributed by atoms with Gasteiger partial charge in [-0.15, -0.1) is 0 Å². The van der Waals surface area contributed by atoms with E-state index in [0.717, 1.165) is 12.0 Å². The molecule has 0 bridgehead atoms. The number of rotatable bonds is 4. The summed E-state index contributed by atoms with van der Waals surface area (Å²) in [5.74, 6) is 1.04. The highest BCUT2D eigenvalue weighted by Crippen LogP contribution is 2.21. The van der Waals surface area contributed by atoms with Gasteiger partial charge in [0.25, 0.3) is 0 Å². The maximum absolute atomic E-state index is 9.45. The van der Waals surface area contributed by atoms with Crippen LogP contribution in [0.2, 0.25) is 0 Å². The third-order valence-electron chi connectivity index (χ3n) is 2.85. The van der Waals surface area contributed by atoms with Crippen molar-refractivity contribution in [2.75, 3.05) is 0 Å². The minimum absolute atomic E-state index is 0.460. The number of fused-ring (bicyclic) bond motifs is 1. The summed E-state index contributed by atoms with van der Waals surface area (Å²) >= 11 is 0. The van der Waals surface area contributed by atoms with E-state index in [1.54, 1.807) is 6.08 Å². The predicted molar refractivity (Wildman–Crippen MR) is 68.7 cm³/mol. The summed E-state index contributed by atoms with van der Waals surface area (Å²) in [5.41, 5.74) is 3.56. The molecule has 0 saturated heterocycles. The molecular formula is C15H16O2. The smallest absolute Gasteiger partial charge is 0.113 e. The van der Waals surface area contributed by atoms with Crippen LogP contribution in [0.5, 0.6) is 0 Å². The van der Waals surface area contributed by atoms with E-state index < -0.39 is 0 Å². The van der Waals surface area contributed by atoms with Gasteiger partial charge < -0.3 is 9.84 Å². The van der Waals surface area contributed by atoms with Crippen molar-refractivity contribution in [3.63, 3.8) is 0 Å². The number of hydrogen-bond donors (Lipinski definition) is 1. The Morgan fingerprint density at radius 3 is 3.00 bits per heavy atom. The van der Waals surface area contributed by atoms with Crippen molar-refractivity contribution in [2.24, 2.45) is 0 Å². The van der Waals surface area contributed by atoms with Crippen LogP contribution in [0, 0.1) is 0 Å². The number of aliphatic hydroxyl groups excluding tert-OH is 1. The first-order valence-corrected chi connectivity index (χ1v) is 5.62. The molecule has 88 valence electrons. The fraction of sp³-hybridized carbons (Fsp3) is 0.200. The minimum Gasteiger partial charge on any atom is -0.512 e. The zero-order valence-corrected chi connectivity index (χ0v) is 9.78. The third-order valence-corrected chi connectivity index (χ3v) is 2.85. The Morgan fingerprint density at radius 1 is 1.41 bits per heavy atom. The molecule has 0 unspecified atom stereocenters. The molecule has 0 aromatic heterocycles. The Labute approximate surface area is 102 Å². The molecule has 0 radical (unpaired) electrons. The number of allylic oxidation sites excluding steroid dienone is 3. The first-order valence-electron chi connectivity index (χ1n) is 5.62. The highest BCUT2D eigenvalue weighted by molar-refractivity contribution is 5.38. The predicted octanol–water partition coefficient (Wildman–Crippen LogP) is 3.44. The van der Waals surface area contributed by atoms with Crippen molar-refractivity contribution < 1.29 is 9.84 Å². The maximum atomic E-state index is 9.45. The summed E-state index contributed by atoms with van der Waals surface area (Å²) in [7, 11) is 0. The Kier molecular flexibility index (Phi) is 3.33. The van der Waals surface area contributed by atoms with Gasteiger partial charge in [0, 0.05) is 6.42 Å². The van der Waals surface area contributed by atoms with Gasteiger partial charge in [-0.05, 0) is 35.3 Å². The minimum atomic E-state index is 0.460. The van der Waals surface area contributed by atoms with Gasteiger partial charge in [-0.3, -0.25) is 0 Å². The molecule has 0 amide bonds. The van der Waals surface area contributed by atoms with E-state index in [2.05, 4.69) is 19.2 Å². The number of benzene rings is 1. The largest absolute Gasteiger partial charge is 0.512 e. The molecule has 1 aromatic rings. The second-order valence-electron chi connectivity index (χ2n) is 4.14. The molecule has 1 aliphatic rings. The molecule has 2 rings (SSSR count). The van der Waals surface area contributed by atoms with Crippen molar-refractivity contribution >= 4 is 0 Å². The van der Waals surface area contributed by atoms with E-state index in [-0.39, 0.29) is 0 Å². The molecule has 17 heavy (non-hydrogen) atoms. The van der Waals surface area contributed by atoms with Gasteiger partial charge in [-0.25, -0.2) is 0 Å². The molecule has 1 aliphatic carbocycles. The lowest BCUT2D eigenvalue weighted by atomic mass is 9.94. The van der Waals surface area contributed by atoms with E-state index in [0.29, 0.717) is 24.5 Å². The number of ether oxygens (including phenoxy) is 1. The molecule has 2 heteroatoms. The van der Waals surface area contributed by atoms with Crippen LogP contribution in [0.1, 0.15) is 16.7 Å². The zero-order valence-electron chi connectivity index (χ0n) is 9.78. The van der Waals surface area contributed by atoms with Crippen molar-refractivity contribution in [3.8, 4) is 0 Å². The van der Waals surface area contributed by atoms with Crippen molar-refractivity contribution in [2.45, 2.75) is 19.4 Å². The first kappa shape index (κ1) is 11.5. The monoisotopic (exact) mass is 228 g/mol. The van der Waals surface area contributed by atoms with Crippen molar-refractivity contribution in [1.29, 1.82) is 0 Å². The highest BCUT2D eigenvalue weighted by Gasteiger charge is 2.10. The van der Waals surface area contributed by atoms with Crippen LogP contribution < -0.4 is 0 Å². The lowest BCUT2D eigenvalue weighted by Crippen LogP contribution is -2.04. The van der Waals surface area contributed by atoms with Crippen LogP contribution in [-0.4, -0.2) is 5.11 Å². The topological polar surface area (TPSA) is 29.5 Å². The first-order chi connectivity index (χ1) is 8.19. The quantitative estimate of drug-likeness (QED) is 0.632. The van der Waals surface area contributed by atoms with Crippen LogP contribution >= 0.6 is 0 Å². The van der Waals surface area contributed by atoms with Gasteiger partial charge in [0.05, 0.1) is 5.76 Å². The fourth-order valence-electron chi connectivity index (χ4n) is 1.86. The second kappa shape index (κ2) is 4.91. The summed E-state index contributed by atoms with van der Waals surface area (Å²) in [6, 6.07) is 6.19. The molecule has 0 aliphatic heterocycles. The summed E-state index contributed by atoms with van der Waals surface area (Å²) in [6.07, 6.45) is 4.88. The maximum Gasteiger partial charge on any atom is 0.113 e. The van der Waals surface area contributed by atoms with E-state index in [1.807, 2.05) is 18.2 Å². The Morgan fingerprint density at radius 2 is 2.24 bits per heavy atom. The molecule has 2 nitrogen and oxygen atoms in total. The molecule has 0 spiro atoms. The third kappa shape index (κ3) is 2.78. The van der Waals surface area contributed by atoms with Crippen LogP contribution in [0.4, 0.5) is 0 Å². The SMILES string of the molecule is C=CC(=C)OCc1ccc2c(c1)CC=C(O)C2. The van der Waals surface area contributed by atoms with E-state index >= 15 is 0 Å². The lowest BCUT2D eigenvalue weighted by molar-refractivity contribution is 0.212. The van der Waals surface area contributed by atoms with Crippen LogP contribution in [0.15, 0.2) is 55.0 Å². The van der Waals surface area contributed by atoms with Gasteiger partial charge in [-0.1, -0.05) is 31.4 Å². The number of aliphatic hydroxyl groups is 1. The molecule has 1 N–H and O–H groups in total. The molecule has 0 fully saturated rings. The van der Waals surface area contributed by atoms with Crippen LogP contribution in [0.3, 0.4) is 0 Å². The zero-order chi connectivity index (χ0) is 12.3. The van der Waals surface area contributed by atoms with Crippen LogP contribution in [-0.2, 0) is 24.2 Å². The highest BCUT2D eigenvalue weighted by atomic mass is 16.5. The molecule has 1 aromatic carbocycles. The van der Waals surface area contributed by atoms with E-state index in [9.17, 15) is 5.11 Å². The summed E-state index contributed by atoms with van der Waals surface area (Å²) in [6.45, 7) is 7.80. The van der Waals surface area contributed by atoms with Crippen molar-refractivity contribution in [3.05, 3.63) is 71.7 Å². The Balaban J connectivity index is 2.08. The second-order valence-corrected chi connectivity index (χ2v) is 4.14. The Bertz CT molecular complexity index is 484. The summed E-state index contributed by atoms with van der Waals surface area (Å²) in [4.78, 5) is 0. The average Bonchev–Trinajstić information content (AvgIpc) is 2.35. The fourth-order valence-corrected chi connectivity index (χ4v) is 1.86. The standard InChI is InChI=1S/C15H16O2/c1-3-11(2)17-10-12-4-5-14-9-15(16)7-6-13(14)8-12/h3-5,7-8,16H,1-2,6,9-10H2. The molecule has 0 heterocycles. The van der Waals surface area contributed by atoms with E-state index in [1.165, 1.54) is 11.1 Å². The van der Waals surface area contributed by atoms with Gasteiger partial charge in [-0.2, -0.15) is 0 Å².